The first-order valence-corrected chi connectivity index (χ1v) is 6.88. The second-order valence-electron chi connectivity index (χ2n) is 5.11. The largest absolute Gasteiger partial charge is 0.463 e. The summed E-state index contributed by atoms with van der Waals surface area (Å²) in [5.41, 5.74) is 2.55. The van der Waals surface area contributed by atoms with Gasteiger partial charge in [-0.3, -0.25) is 10.2 Å². The third-order valence-corrected chi connectivity index (χ3v) is 3.72. The normalized spacial score (nSPS) is 22.8. The predicted octanol–water partition coefficient (Wildman–Crippen LogP) is 1.67. The standard InChI is InChI=1S/C14H22N2O4/c1-9-13(14(17)16-15)7-12(20-9)8-19-11-5-3-4-10(6-11)18-2/h7,10-11H,3-6,8,15H2,1-2H3,(H,16,17). The Bertz CT molecular complexity index is 458. The van der Waals surface area contributed by atoms with E-state index >= 15 is 0 Å². The lowest BCUT2D eigenvalue weighted by atomic mass is 9.95. The summed E-state index contributed by atoms with van der Waals surface area (Å²) in [4.78, 5) is 11.5. The summed E-state index contributed by atoms with van der Waals surface area (Å²) >= 11 is 0. The van der Waals surface area contributed by atoms with Crippen LogP contribution in [0.25, 0.3) is 0 Å². The van der Waals surface area contributed by atoms with Crippen LogP contribution >= 0.6 is 0 Å². The summed E-state index contributed by atoms with van der Waals surface area (Å²) in [7, 11) is 1.74. The molecule has 2 rings (SSSR count). The molecule has 0 spiro atoms. The Labute approximate surface area is 118 Å². The number of furan rings is 1. The molecule has 20 heavy (non-hydrogen) atoms. The van der Waals surface area contributed by atoms with Crippen LogP contribution in [-0.4, -0.2) is 25.2 Å². The molecular weight excluding hydrogens is 260 g/mol. The monoisotopic (exact) mass is 282 g/mol. The van der Waals surface area contributed by atoms with Gasteiger partial charge in [0.05, 0.1) is 17.8 Å². The highest BCUT2D eigenvalue weighted by atomic mass is 16.5. The van der Waals surface area contributed by atoms with E-state index in [1.54, 1.807) is 20.1 Å². The molecule has 2 atom stereocenters. The fourth-order valence-corrected chi connectivity index (χ4v) is 2.59. The van der Waals surface area contributed by atoms with Crippen LogP contribution in [0, 0.1) is 6.92 Å². The number of hydrogen-bond donors (Lipinski definition) is 2. The highest BCUT2D eigenvalue weighted by molar-refractivity contribution is 5.94. The molecule has 0 bridgehead atoms. The van der Waals surface area contributed by atoms with E-state index in [-0.39, 0.29) is 18.1 Å². The fraction of sp³-hybridized carbons (Fsp3) is 0.643. The zero-order chi connectivity index (χ0) is 14.5. The SMILES string of the molecule is COC1CCCC(OCc2cc(C(=O)NN)c(C)o2)C1. The number of amides is 1. The van der Waals surface area contributed by atoms with Crippen LogP contribution in [0.3, 0.4) is 0 Å². The molecule has 1 aliphatic carbocycles. The van der Waals surface area contributed by atoms with Crippen molar-refractivity contribution in [3.8, 4) is 0 Å². The number of carbonyl (C=O) groups excluding carboxylic acids is 1. The van der Waals surface area contributed by atoms with Crippen LogP contribution in [0.2, 0.25) is 0 Å². The molecule has 0 radical (unpaired) electrons. The summed E-state index contributed by atoms with van der Waals surface area (Å²) < 4.78 is 16.7. The quantitative estimate of drug-likeness (QED) is 0.487. The third-order valence-electron chi connectivity index (χ3n) is 3.72. The van der Waals surface area contributed by atoms with Gasteiger partial charge in [-0.15, -0.1) is 0 Å². The Morgan fingerprint density at radius 3 is 2.95 bits per heavy atom. The van der Waals surface area contributed by atoms with Crippen molar-refractivity contribution >= 4 is 5.91 Å². The van der Waals surface area contributed by atoms with Gasteiger partial charge in [0.25, 0.3) is 5.91 Å². The topological polar surface area (TPSA) is 86.7 Å². The second kappa shape index (κ2) is 6.88. The van der Waals surface area contributed by atoms with Crippen LogP contribution in [0.5, 0.6) is 0 Å². The van der Waals surface area contributed by atoms with Gasteiger partial charge in [-0.25, -0.2) is 5.84 Å². The van der Waals surface area contributed by atoms with Crippen molar-refractivity contribution in [2.45, 2.75) is 51.4 Å². The number of hydrazine groups is 1. The number of aryl methyl sites for hydroxylation is 1. The first-order valence-electron chi connectivity index (χ1n) is 6.88. The smallest absolute Gasteiger partial charge is 0.268 e. The van der Waals surface area contributed by atoms with Crippen molar-refractivity contribution in [3.05, 3.63) is 23.2 Å². The molecule has 1 aromatic heterocycles. The Morgan fingerprint density at radius 2 is 2.25 bits per heavy atom. The van der Waals surface area contributed by atoms with Gasteiger partial charge in [-0.05, 0) is 38.7 Å². The molecule has 2 unspecified atom stereocenters. The highest BCUT2D eigenvalue weighted by Crippen LogP contribution is 2.24. The first-order chi connectivity index (χ1) is 9.63. The average Bonchev–Trinajstić information content (AvgIpc) is 2.85. The Kier molecular flexibility index (Phi) is 5.17. The van der Waals surface area contributed by atoms with Gasteiger partial charge in [0.1, 0.15) is 18.1 Å². The van der Waals surface area contributed by atoms with Crippen LogP contribution in [0.15, 0.2) is 10.5 Å². The van der Waals surface area contributed by atoms with E-state index < -0.39 is 0 Å². The van der Waals surface area contributed by atoms with E-state index in [1.807, 2.05) is 0 Å². The fourth-order valence-electron chi connectivity index (χ4n) is 2.59. The molecule has 1 heterocycles. The summed E-state index contributed by atoms with van der Waals surface area (Å²) in [6.45, 7) is 2.09. The number of carbonyl (C=O) groups is 1. The van der Waals surface area contributed by atoms with Gasteiger partial charge in [-0.2, -0.15) is 0 Å². The van der Waals surface area contributed by atoms with Crippen molar-refractivity contribution in [2.75, 3.05) is 7.11 Å². The minimum absolute atomic E-state index is 0.186. The van der Waals surface area contributed by atoms with E-state index in [0.29, 0.717) is 23.7 Å². The first kappa shape index (κ1) is 15.0. The zero-order valence-corrected chi connectivity index (χ0v) is 12.0. The van der Waals surface area contributed by atoms with Crippen molar-refractivity contribution in [3.63, 3.8) is 0 Å². The molecule has 112 valence electrons. The number of nitrogens with one attached hydrogen (secondary N) is 1. The number of nitrogen functional groups attached to an aromatic ring is 1. The van der Waals surface area contributed by atoms with Crippen molar-refractivity contribution < 1.29 is 18.7 Å². The summed E-state index contributed by atoms with van der Waals surface area (Å²) in [6.07, 6.45) is 4.62. The maximum absolute atomic E-state index is 11.5. The lowest BCUT2D eigenvalue weighted by Crippen LogP contribution is -2.30. The van der Waals surface area contributed by atoms with E-state index in [9.17, 15) is 4.79 Å². The van der Waals surface area contributed by atoms with Crippen LogP contribution < -0.4 is 11.3 Å². The molecule has 1 fully saturated rings. The Hall–Kier alpha value is -1.37. The van der Waals surface area contributed by atoms with Crippen LogP contribution in [0.4, 0.5) is 0 Å². The molecule has 1 aromatic rings. The van der Waals surface area contributed by atoms with E-state index in [0.717, 1.165) is 25.7 Å². The minimum Gasteiger partial charge on any atom is -0.463 e. The van der Waals surface area contributed by atoms with Crippen molar-refractivity contribution in [1.29, 1.82) is 0 Å². The zero-order valence-electron chi connectivity index (χ0n) is 12.0. The van der Waals surface area contributed by atoms with E-state index in [2.05, 4.69) is 5.43 Å². The van der Waals surface area contributed by atoms with Gasteiger partial charge in [0.2, 0.25) is 0 Å². The molecule has 3 N–H and O–H groups in total. The van der Waals surface area contributed by atoms with E-state index in [4.69, 9.17) is 19.7 Å². The predicted molar refractivity (Wildman–Crippen MR) is 72.9 cm³/mol. The molecule has 6 heteroatoms. The Balaban J connectivity index is 1.89. The summed E-state index contributed by atoms with van der Waals surface area (Å²) in [6, 6.07) is 1.67. The number of rotatable bonds is 5. The second-order valence-corrected chi connectivity index (χ2v) is 5.11. The number of methoxy groups -OCH3 is 1. The molecule has 0 aliphatic heterocycles. The third kappa shape index (κ3) is 3.59. The number of hydrogen-bond acceptors (Lipinski definition) is 5. The van der Waals surface area contributed by atoms with Crippen molar-refractivity contribution in [1.82, 2.24) is 5.43 Å². The van der Waals surface area contributed by atoms with Gasteiger partial charge in [-0.1, -0.05) is 0 Å². The molecule has 1 amide bonds. The van der Waals surface area contributed by atoms with Gasteiger partial charge in [0.15, 0.2) is 0 Å². The Morgan fingerprint density at radius 1 is 1.50 bits per heavy atom. The van der Waals surface area contributed by atoms with E-state index in [1.165, 1.54) is 0 Å². The van der Waals surface area contributed by atoms with Gasteiger partial charge >= 0.3 is 0 Å². The summed E-state index contributed by atoms with van der Waals surface area (Å²) in [5, 5.41) is 0. The van der Waals surface area contributed by atoms with Gasteiger partial charge in [0, 0.05) is 7.11 Å². The van der Waals surface area contributed by atoms with Crippen molar-refractivity contribution in [2.24, 2.45) is 5.84 Å². The molecule has 6 nitrogen and oxygen atoms in total. The minimum atomic E-state index is -0.352. The lowest BCUT2D eigenvalue weighted by molar-refractivity contribution is -0.0406. The highest BCUT2D eigenvalue weighted by Gasteiger charge is 2.23. The molecule has 1 saturated carbocycles. The molecule has 0 saturated heterocycles. The molecule has 0 aromatic carbocycles. The van der Waals surface area contributed by atoms with Crippen LogP contribution in [0.1, 0.15) is 47.6 Å². The average molecular weight is 282 g/mol. The van der Waals surface area contributed by atoms with Crippen LogP contribution in [-0.2, 0) is 16.1 Å². The summed E-state index contributed by atoms with van der Waals surface area (Å²) in [5.74, 6) is 5.95. The lowest BCUT2D eigenvalue weighted by Gasteiger charge is -2.27. The maximum atomic E-state index is 11.5. The maximum Gasteiger partial charge on any atom is 0.268 e. The number of nitrogens with two attached hydrogens (primary N) is 1. The molecular formula is C14H22N2O4. The van der Waals surface area contributed by atoms with Gasteiger partial charge < -0.3 is 13.9 Å². The number of ether oxygens (including phenoxy) is 2. The molecule has 1 aliphatic rings.